The monoisotopic (exact) mass is 298 g/mol. The average Bonchev–Trinajstić information content (AvgIpc) is 3.16. The highest BCUT2D eigenvalue weighted by molar-refractivity contribution is 7.13. The van der Waals surface area contributed by atoms with Crippen LogP contribution in [0.15, 0.2) is 48.1 Å². The molecule has 3 aromatic rings. The van der Waals surface area contributed by atoms with Crippen molar-refractivity contribution in [3.63, 3.8) is 0 Å². The molecule has 0 aliphatic rings. The lowest BCUT2D eigenvalue weighted by Crippen LogP contribution is -2.14. The molecule has 1 N–H and O–H groups in total. The second kappa shape index (κ2) is 5.88. The van der Waals surface area contributed by atoms with E-state index in [4.69, 9.17) is 0 Å². The van der Waals surface area contributed by atoms with Crippen molar-refractivity contribution in [2.45, 2.75) is 13.3 Å². The van der Waals surface area contributed by atoms with Gasteiger partial charge in [0, 0.05) is 11.6 Å². The van der Waals surface area contributed by atoms with Crippen LogP contribution in [0.25, 0.3) is 5.69 Å². The summed E-state index contributed by atoms with van der Waals surface area (Å²) in [5.41, 5.74) is 2.41. The molecule has 1 aromatic carbocycles. The van der Waals surface area contributed by atoms with Gasteiger partial charge in [0.2, 0.25) is 0 Å². The number of para-hydroxylation sites is 1. The van der Waals surface area contributed by atoms with Crippen LogP contribution >= 0.6 is 11.3 Å². The number of benzene rings is 1. The van der Waals surface area contributed by atoms with E-state index in [0.717, 1.165) is 17.8 Å². The smallest absolute Gasteiger partial charge is 0.260 e. The van der Waals surface area contributed by atoms with E-state index in [0.29, 0.717) is 10.7 Å². The lowest BCUT2D eigenvalue weighted by Gasteiger charge is -2.07. The Morgan fingerprint density at radius 2 is 2.14 bits per heavy atom. The van der Waals surface area contributed by atoms with Gasteiger partial charge in [-0.1, -0.05) is 25.1 Å². The molecule has 0 atom stereocenters. The zero-order valence-corrected chi connectivity index (χ0v) is 12.3. The molecule has 2 heterocycles. The van der Waals surface area contributed by atoms with Crippen LogP contribution in [0, 0.1) is 0 Å². The highest BCUT2D eigenvalue weighted by Gasteiger charge is 2.17. The summed E-state index contributed by atoms with van der Waals surface area (Å²) >= 11 is 1.39. The van der Waals surface area contributed by atoms with Crippen LogP contribution in [0.4, 0.5) is 5.13 Å². The minimum absolute atomic E-state index is 0.177. The van der Waals surface area contributed by atoms with E-state index in [1.54, 1.807) is 17.1 Å². The number of carbonyl (C=O) groups excluding carboxylic acids is 1. The number of anilines is 1. The fourth-order valence-electron chi connectivity index (χ4n) is 2.14. The molecule has 0 saturated heterocycles. The van der Waals surface area contributed by atoms with Crippen molar-refractivity contribution in [2.75, 3.05) is 5.32 Å². The van der Waals surface area contributed by atoms with Crippen LogP contribution < -0.4 is 5.32 Å². The molecular weight excluding hydrogens is 284 g/mol. The van der Waals surface area contributed by atoms with Crippen LogP contribution in [0.3, 0.4) is 0 Å². The normalized spacial score (nSPS) is 10.5. The third-order valence-corrected chi connectivity index (χ3v) is 3.79. The number of carbonyl (C=O) groups is 1. The van der Waals surface area contributed by atoms with Crippen molar-refractivity contribution in [1.82, 2.24) is 14.8 Å². The molecule has 1 amide bonds. The summed E-state index contributed by atoms with van der Waals surface area (Å²) in [5.74, 6) is -0.177. The van der Waals surface area contributed by atoms with Gasteiger partial charge in [0.25, 0.3) is 5.91 Å². The Balaban J connectivity index is 1.93. The van der Waals surface area contributed by atoms with Crippen LogP contribution in [0.5, 0.6) is 0 Å². The van der Waals surface area contributed by atoms with Gasteiger partial charge in [-0.15, -0.1) is 11.3 Å². The third kappa shape index (κ3) is 2.71. The Bertz CT molecular complexity index is 734. The number of thiazole rings is 1. The van der Waals surface area contributed by atoms with Gasteiger partial charge in [-0.05, 0) is 18.6 Å². The molecule has 3 rings (SSSR count). The van der Waals surface area contributed by atoms with E-state index in [-0.39, 0.29) is 5.91 Å². The molecule has 0 aliphatic carbocycles. The van der Waals surface area contributed by atoms with Crippen LogP contribution in [-0.2, 0) is 6.42 Å². The maximum absolute atomic E-state index is 12.3. The Hall–Kier alpha value is -2.47. The molecule has 0 radical (unpaired) electrons. The fourth-order valence-corrected chi connectivity index (χ4v) is 2.67. The summed E-state index contributed by atoms with van der Waals surface area (Å²) in [6, 6.07) is 9.79. The summed E-state index contributed by atoms with van der Waals surface area (Å²) in [6.45, 7) is 2.01. The number of aromatic nitrogens is 3. The van der Waals surface area contributed by atoms with E-state index >= 15 is 0 Å². The van der Waals surface area contributed by atoms with Gasteiger partial charge in [0.15, 0.2) is 5.13 Å². The van der Waals surface area contributed by atoms with Gasteiger partial charge in [-0.25, -0.2) is 9.67 Å². The Labute approximate surface area is 126 Å². The number of nitrogens with zero attached hydrogens (tertiary/aromatic N) is 3. The quantitative estimate of drug-likeness (QED) is 0.805. The van der Waals surface area contributed by atoms with Gasteiger partial charge in [-0.2, -0.15) is 5.10 Å². The topological polar surface area (TPSA) is 59.8 Å². The number of amides is 1. The number of nitrogens with one attached hydrogen (secondary N) is 1. The zero-order valence-electron chi connectivity index (χ0n) is 11.5. The zero-order chi connectivity index (χ0) is 14.7. The predicted molar refractivity (Wildman–Crippen MR) is 83.0 cm³/mol. The minimum atomic E-state index is -0.177. The van der Waals surface area contributed by atoms with E-state index in [1.807, 2.05) is 42.6 Å². The van der Waals surface area contributed by atoms with Crippen molar-refractivity contribution < 1.29 is 4.79 Å². The summed E-state index contributed by atoms with van der Waals surface area (Å²) in [6.07, 6.45) is 3.98. The summed E-state index contributed by atoms with van der Waals surface area (Å²) < 4.78 is 1.80. The number of hydrogen-bond acceptors (Lipinski definition) is 4. The molecule has 6 heteroatoms. The van der Waals surface area contributed by atoms with Gasteiger partial charge >= 0.3 is 0 Å². The van der Waals surface area contributed by atoms with E-state index in [2.05, 4.69) is 15.4 Å². The van der Waals surface area contributed by atoms with Gasteiger partial charge in [-0.3, -0.25) is 10.1 Å². The molecule has 0 unspecified atom stereocenters. The molecule has 5 nitrogen and oxygen atoms in total. The highest BCUT2D eigenvalue weighted by atomic mass is 32.1. The largest absolute Gasteiger partial charge is 0.298 e. The van der Waals surface area contributed by atoms with Gasteiger partial charge in [0.1, 0.15) is 0 Å². The van der Waals surface area contributed by atoms with Crippen LogP contribution in [0.2, 0.25) is 0 Å². The first-order chi connectivity index (χ1) is 10.3. The van der Waals surface area contributed by atoms with Gasteiger partial charge < -0.3 is 0 Å². The summed E-state index contributed by atoms with van der Waals surface area (Å²) in [5, 5.41) is 9.55. The lowest BCUT2D eigenvalue weighted by molar-refractivity contribution is 0.102. The van der Waals surface area contributed by atoms with Gasteiger partial charge in [0.05, 0.1) is 23.1 Å². The summed E-state index contributed by atoms with van der Waals surface area (Å²) in [4.78, 5) is 16.4. The Morgan fingerprint density at radius 3 is 2.81 bits per heavy atom. The molecular formula is C15H14N4OS. The molecule has 0 fully saturated rings. The second-order valence-electron chi connectivity index (χ2n) is 4.40. The molecule has 106 valence electrons. The molecule has 0 aliphatic heterocycles. The minimum Gasteiger partial charge on any atom is -0.298 e. The number of rotatable bonds is 4. The van der Waals surface area contributed by atoms with Crippen LogP contribution in [-0.4, -0.2) is 20.7 Å². The van der Waals surface area contributed by atoms with E-state index in [9.17, 15) is 4.79 Å². The first kappa shape index (κ1) is 13.5. The first-order valence-corrected chi connectivity index (χ1v) is 7.50. The van der Waals surface area contributed by atoms with Crippen molar-refractivity contribution >= 4 is 22.4 Å². The molecule has 0 spiro atoms. The molecule has 21 heavy (non-hydrogen) atoms. The molecule has 2 aromatic heterocycles. The maximum Gasteiger partial charge on any atom is 0.260 e. The number of hydrogen-bond donors (Lipinski definition) is 1. The van der Waals surface area contributed by atoms with E-state index < -0.39 is 0 Å². The third-order valence-electron chi connectivity index (χ3n) is 3.10. The summed E-state index contributed by atoms with van der Waals surface area (Å²) in [7, 11) is 0. The van der Waals surface area contributed by atoms with Crippen molar-refractivity contribution in [3.05, 3.63) is 59.4 Å². The maximum atomic E-state index is 12.3. The standard InChI is InChI=1S/C15H14N4OS/c1-2-13-12(14(20)18-15-16-8-9-21-15)10-17-19(13)11-6-4-3-5-7-11/h3-10H,2H2,1H3,(H,16,18,20). The molecule has 0 bridgehead atoms. The van der Waals surface area contributed by atoms with Crippen LogP contribution in [0.1, 0.15) is 23.0 Å². The van der Waals surface area contributed by atoms with Crippen molar-refractivity contribution in [1.29, 1.82) is 0 Å². The Kier molecular flexibility index (Phi) is 3.79. The average molecular weight is 298 g/mol. The van der Waals surface area contributed by atoms with Crippen molar-refractivity contribution in [3.8, 4) is 5.69 Å². The molecule has 0 saturated carbocycles. The predicted octanol–water partition coefficient (Wildman–Crippen LogP) is 3.14. The second-order valence-corrected chi connectivity index (χ2v) is 5.29. The fraction of sp³-hybridized carbons (Fsp3) is 0.133. The first-order valence-electron chi connectivity index (χ1n) is 6.62. The van der Waals surface area contributed by atoms with Crippen molar-refractivity contribution in [2.24, 2.45) is 0 Å². The lowest BCUT2D eigenvalue weighted by atomic mass is 10.2. The van der Waals surface area contributed by atoms with E-state index in [1.165, 1.54) is 11.3 Å². The SMILES string of the molecule is CCc1c(C(=O)Nc2nccs2)cnn1-c1ccccc1. The Morgan fingerprint density at radius 1 is 1.33 bits per heavy atom. The highest BCUT2D eigenvalue weighted by Crippen LogP contribution is 2.18.